The molecule has 9 heavy (non-hydrogen) atoms. The van der Waals surface area contributed by atoms with Gasteiger partial charge in [-0.15, -0.1) is 0 Å². The molecule has 0 spiro atoms. The van der Waals surface area contributed by atoms with Gasteiger partial charge >= 0.3 is 0 Å². The first-order valence-electron chi connectivity index (χ1n) is 2.81. The zero-order valence-corrected chi connectivity index (χ0v) is 6.10. The van der Waals surface area contributed by atoms with Crippen molar-refractivity contribution in [3.8, 4) is 0 Å². The van der Waals surface area contributed by atoms with Crippen molar-refractivity contribution >= 4 is 18.5 Å². The molecule has 1 atom stereocenters. The average Bonchev–Trinajstić information content (AvgIpc) is 1.83. The van der Waals surface area contributed by atoms with Gasteiger partial charge in [-0.1, -0.05) is 0 Å². The maximum Gasteiger partial charge on any atom is 0.217 e. The van der Waals surface area contributed by atoms with Crippen LogP contribution >= 0.6 is 12.6 Å². The van der Waals surface area contributed by atoms with Crippen LogP contribution in [0.5, 0.6) is 0 Å². The highest BCUT2D eigenvalue weighted by Crippen LogP contribution is 1.94. The number of carbonyl (C=O) groups is 1. The van der Waals surface area contributed by atoms with E-state index in [4.69, 9.17) is 11.5 Å². The number of nitrogens with two attached hydrogens (primary N) is 2. The van der Waals surface area contributed by atoms with Gasteiger partial charge in [-0.25, -0.2) is 0 Å². The van der Waals surface area contributed by atoms with E-state index in [0.29, 0.717) is 18.6 Å². The molecular formula is C5H12N2OS. The van der Waals surface area contributed by atoms with Gasteiger partial charge in [-0.05, 0) is 6.42 Å². The monoisotopic (exact) mass is 148 g/mol. The zero-order chi connectivity index (χ0) is 7.28. The molecule has 0 aromatic rings. The molecule has 0 aliphatic carbocycles. The van der Waals surface area contributed by atoms with E-state index in [-0.39, 0.29) is 11.9 Å². The first kappa shape index (κ1) is 8.78. The van der Waals surface area contributed by atoms with Crippen LogP contribution in [-0.4, -0.2) is 17.7 Å². The smallest absolute Gasteiger partial charge is 0.217 e. The number of carbonyl (C=O) groups excluding carboxylic acids is 1. The fraction of sp³-hybridized carbons (Fsp3) is 0.800. The lowest BCUT2D eigenvalue weighted by Gasteiger charge is -2.03. The van der Waals surface area contributed by atoms with Crippen LogP contribution in [0.3, 0.4) is 0 Å². The van der Waals surface area contributed by atoms with Gasteiger partial charge in [0.05, 0.1) is 0 Å². The van der Waals surface area contributed by atoms with Gasteiger partial charge in [0.25, 0.3) is 0 Å². The first-order chi connectivity index (χ1) is 4.16. The largest absolute Gasteiger partial charge is 0.370 e. The number of hydrogen-bond acceptors (Lipinski definition) is 3. The number of amides is 1. The first-order valence-corrected chi connectivity index (χ1v) is 3.44. The Morgan fingerprint density at radius 3 is 2.56 bits per heavy atom. The molecule has 0 saturated heterocycles. The van der Waals surface area contributed by atoms with Gasteiger partial charge in [0.2, 0.25) is 5.91 Å². The molecule has 4 N–H and O–H groups in total. The molecule has 54 valence electrons. The fourth-order valence-corrected chi connectivity index (χ4v) is 0.602. The third-order valence-electron chi connectivity index (χ3n) is 0.996. The van der Waals surface area contributed by atoms with Crippen LogP contribution in [-0.2, 0) is 4.79 Å². The Kier molecular flexibility index (Phi) is 4.53. The summed E-state index contributed by atoms with van der Waals surface area (Å²) in [5.74, 6) is 0.306. The molecular weight excluding hydrogens is 136 g/mol. The maximum absolute atomic E-state index is 10.2. The van der Waals surface area contributed by atoms with E-state index in [1.54, 1.807) is 0 Å². The number of thiol groups is 1. The second kappa shape index (κ2) is 4.64. The van der Waals surface area contributed by atoms with Gasteiger partial charge in [0.1, 0.15) is 0 Å². The van der Waals surface area contributed by atoms with E-state index in [1.807, 2.05) is 0 Å². The zero-order valence-electron chi connectivity index (χ0n) is 5.21. The quantitative estimate of drug-likeness (QED) is 0.471. The van der Waals surface area contributed by atoms with Crippen molar-refractivity contribution in [3.05, 3.63) is 0 Å². The SMILES string of the molecule is NC(=O)CC[C@H](N)CS. The van der Waals surface area contributed by atoms with E-state index >= 15 is 0 Å². The van der Waals surface area contributed by atoms with E-state index in [0.717, 1.165) is 0 Å². The molecule has 0 unspecified atom stereocenters. The highest BCUT2D eigenvalue weighted by Gasteiger charge is 2.00. The van der Waals surface area contributed by atoms with Gasteiger partial charge in [0.15, 0.2) is 0 Å². The van der Waals surface area contributed by atoms with Crippen LogP contribution < -0.4 is 11.5 Å². The topological polar surface area (TPSA) is 69.1 Å². The number of primary amides is 1. The average molecular weight is 148 g/mol. The van der Waals surface area contributed by atoms with Crippen molar-refractivity contribution in [1.29, 1.82) is 0 Å². The molecule has 0 fully saturated rings. The lowest BCUT2D eigenvalue weighted by Crippen LogP contribution is -2.24. The summed E-state index contributed by atoms with van der Waals surface area (Å²) in [6, 6.07) is 0.000772. The fourth-order valence-electron chi connectivity index (χ4n) is 0.419. The van der Waals surface area contributed by atoms with Crippen LogP contribution in [0.2, 0.25) is 0 Å². The minimum atomic E-state index is -0.299. The number of hydrogen-bond donors (Lipinski definition) is 3. The lowest BCUT2D eigenvalue weighted by molar-refractivity contribution is -0.118. The van der Waals surface area contributed by atoms with Crippen molar-refractivity contribution in [2.24, 2.45) is 11.5 Å². The molecule has 0 radical (unpaired) electrons. The van der Waals surface area contributed by atoms with Crippen molar-refractivity contribution in [2.75, 3.05) is 5.75 Å². The van der Waals surface area contributed by atoms with Gasteiger partial charge in [-0.3, -0.25) is 4.79 Å². The van der Waals surface area contributed by atoms with Crippen LogP contribution in [0.4, 0.5) is 0 Å². The molecule has 0 saturated carbocycles. The summed E-state index contributed by atoms with van der Waals surface area (Å²) in [6.07, 6.45) is 1.00. The molecule has 0 rings (SSSR count). The molecule has 0 aromatic carbocycles. The summed E-state index contributed by atoms with van der Waals surface area (Å²) < 4.78 is 0. The summed E-state index contributed by atoms with van der Waals surface area (Å²) in [4.78, 5) is 10.2. The van der Waals surface area contributed by atoms with Gasteiger partial charge in [0, 0.05) is 18.2 Å². The van der Waals surface area contributed by atoms with Crippen LogP contribution in [0.15, 0.2) is 0 Å². The van der Waals surface area contributed by atoms with Gasteiger partial charge < -0.3 is 11.5 Å². The summed E-state index contributed by atoms with van der Waals surface area (Å²) in [6.45, 7) is 0. The van der Waals surface area contributed by atoms with Crippen molar-refractivity contribution in [3.63, 3.8) is 0 Å². The molecule has 3 nitrogen and oxygen atoms in total. The molecule has 0 aliphatic rings. The Labute approximate surface area is 60.2 Å². The third kappa shape index (κ3) is 5.65. The minimum absolute atomic E-state index is 0.000772. The predicted molar refractivity (Wildman–Crippen MR) is 40.3 cm³/mol. The molecule has 0 heterocycles. The Morgan fingerprint density at radius 1 is 1.67 bits per heavy atom. The van der Waals surface area contributed by atoms with E-state index < -0.39 is 0 Å². The maximum atomic E-state index is 10.2. The second-order valence-electron chi connectivity index (χ2n) is 1.95. The lowest BCUT2D eigenvalue weighted by atomic mass is 10.2. The minimum Gasteiger partial charge on any atom is -0.370 e. The van der Waals surface area contributed by atoms with E-state index in [9.17, 15) is 4.79 Å². The molecule has 0 aromatic heterocycles. The molecule has 1 amide bonds. The van der Waals surface area contributed by atoms with Crippen molar-refractivity contribution < 1.29 is 4.79 Å². The van der Waals surface area contributed by atoms with Crippen molar-refractivity contribution in [2.45, 2.75) is 18.9 Å². The Hall–Kier alpha value is -0.220. The van der Waals surface area contributed by atoms with Crippen molar-refractivity contribution in [1.82, 2.24) is 0 Å². The predicted octanol–water partition coefficient (Wildman–Crippen LogP) is -0.491. The Bertz CT molecular complexity index is 97.0. The third-order valence-corrected chi connectivity index (χ3v) is 1.47. The van der Waals surface area contributed by atoms with Crippen LogP contribution in [0.1, 0.15) is 12.8 Å². The highest BCUT2D eigenvalue weighted by atomic mass is 32.1. The number of rotatable bonds is 4. The molecule has 0 bridgehead atoms. The summed E-state index contributed by atoms with van der Waals surface area (Å²) in [5.41, 5.74) is 10.3. The normalized spacial score (nSPS) is 13.1. The van der Waals surface area contributed by atoms with E-state index in [2.05, 4.69) is 12.6 Å². The molecule has 0 aliphatic heterocycles. The van der Waals surface area contributed by atoms with Gasteiger partial charge in [-0.2, -0.15) is 12.6 Å². The van der Waals surface area contributed by atoms with E-state index in [1.165, 1.54) is 0 Å². The highest BCUT2D eigenvalue weighted by molar-refractivity contribution is 7.80. The van der Waals surface area contributed by atoms with Crippen LogP contribution in [0, 0.1) is 0 Å². The summed E-state index contributed by atoms with van der Waals surface area (Å²) in [7, 11) is 0. The Balaban J connectivity index is 3.16. The summed E-state index contributed by atoms with van der Waals surface area (Å²) in [5, 5.41) is 0. The standard InChI is InChI=1S/C5H12N2OS/c6-4(3-9)1-2-5(7)8/h4,9H,1-3,6H2,(H2,7,8)/t4-/m0/s1. The Morgan fingerprint density at radius 2 is 2.22 bits per heavy atom. The van der Waals surface area contributed by atoms with Crippen LogP contribution in [0.25, 0.3) is 0 Å². The second-order valence-corrected chi connectivity index (χ2v) is 2.31. The molecule has 4 heteroatoms. The summed E-state index contributed by atoms with van der Waals surface area (Å²) >= 11 is 3.94.